The summed E-state index contributed by atoms with van der Waals surface area (Å²) in [7, 11) is -0.153. The van der Waals surface area contributed by atoms with E-state index in [0.29, 0.717) is 0 Å². The fourth-order valence-electron chi connectivity index (χ4n) is 2.19. The molecule has 0 spiro atoms. The van der Waals surface area contributed by atoms with E-state index in [-0.39, 0.29) is 0 Å². The zero-order chi connectivity index (χ0) is 16.8. The molecule has 0 heterocycles. The Labute approximate surface area is 131 Å². The highest BCUT2D eigenvalue weighted by atomic mass is 32.3. The van der Waals surface area contributed by atoms with E-state index in [0.717, 1.165) is 0 Å². The zero-order valence-electron chi connectivity index (χ0n) is 14.3. The molecule has 0 amide bonds. The van der Waals surface area contributed by atoms with Gasteiger partial charge in [0.15, 0.2) is 0 Å². The van der Waals surface area contributed by atoms with Crippen molar-refractivity contribution in [3.8, 4) is 0 Å². The molecular weight excluding hydrogens is 290 g/mol. The normalized spacial score (nSPS) is 11.9. The maximum absolute atomic E-state index is 8.63. The molecule has 0 saturated heterocycles. The van der Waals surface area contributed by atoms with Crippen LogP contribution in [0.3, 0.4) is 0 Å². The monoisotopic (exact) mass is 325 g/mol. The molecule has 0 aromatic carbocycles. The van der Waals surface area contributed by atoms with Crippen molar-refractivity contribution < 1.29 is 22.0 Å². The van der Waals surface area contributed by atoms with E-state index in [2.05, 4.69) is 27.9 Å². The first-order valence-electron chi connectivity index (χ1n) is 8.12. The summed E-state index contributed by atoms with van der Waals surface area (Å²) in [5.41, 5.74) is 0. The highest BCUT2D eigenvalue weighted by Crippen LogP contribution is 2.10. The third-order valence-corrected chi connectivity index (χ3v) is 3.48. The first kappa shape index (κ1) is 23.1. The highest BCUT2D eigenvalue weighted by Gasteiger charge is 2.12. The SMILES string of the molecule is CCCCCCCCC[N+](C)(C)CCCC.O=S(=O)([O-])O. The van der Waals surface area contributed by atoms with E-state index < -0.39 is 10.4 Å². The largest absolute Gasteiger partial charge is 0.726 e. The molecule has 130 valence electrons. The number of hydrogen-bond acceptors (Lipinski definition) is 3. The fraction of sp³-hybridized carbons (Fsp3) is 1.00. The average Bonchev–Trinajstić information content (AvgIpc) is 2.33. The van der Waals surface area contributed by atoms with Crippen LogP contribution in [0.15, 0.2) is 0 Å². The Hall–Kier alpha value is -0.170. The van der Waals surface area contributed by atoms with Crippen molar-refractivity contribution >= 4 is 10.4 Å². The van der Waals surface area contributed by atoms with Gasteiger partial charge in [0.2, 0.25) is 10.4 Å². The highest BCUT2D eigenvalue weighted by molar-refractivity contribution is 7.79. The van der Waals surface area contributed by atoms with Gasteiger partial charge in [0, 0.05) is 0 Å². The first-order valence-corrected chi connectivity index (χ1v) is 9.49. The van der Waals surface area contributed by atoms with Crippen molar-refractivity contribution in [1.82, 2.24) is 0 Å². The summed E-state index contributed by atoms with van der Waals surface area (Å²) in [6, 6.07) is 0. The average molecular weight is 326 g/mol. The fourth-order valence-corrected chi connectivity index (χ4v) is 2.19. The van der Waals surface area contributed by atoms with Crippen LogP contribution in [0.2, 0.25) is 0 Å². The van der Waals surface area contributed by atoms with E-state index in [1.165, 1.54) is 75.4 Å². The molecule has 0 rings (SSSR count). The molecule has 0 aliphatic rings. The van der Waals surface area contributed by atoms with Gasteiger partial charge in [0.1, 0.15) is 0 Å². The summed E-state index contributed by atoms with van der Waals surface area (Å²) < 4.78 is 34.1. The van der Waals surface area contributed by atoms with E-state index >= 15 is 0 Å². The molecule has 5 nitrogen and oxygen atoms in total. The summed E-state index contributed by atoms with van der Waals surface area (Å²) >= 11 is 0. The molecule has 0 fully saturated rings. The predicted molar refractivity (Wildman–Crippen MR) is 87.1 cm³/mol. The number of hydrogen-bond donors (Lipinski definition) is 1. The standard InChI is InChI=1S/C15H34N.H2O4S/c1-5-7-9-10-11-12-13-15-16(3,4)14-8-6-2;1-5(2,3)4/h5-15H2,1-4H3;(H2,1,2,3,4)/q+1;/p-1. The van der Waals surface area contributed by atoms with Crippen LogP contribution in [0.1, 0.15) is 71.6 Å². The third kappa shape index (κ3) is 28.7. The molecule has 1 N–H and O–H groups in total. The van der Waals surface area contributed by atoms with Crippen molar-refractivity contribution in [2.75, 3.05) is 27.2 Å². The van der Waals surface area contributed by atoms with Gasteiger partial charge in [-0.05, 0) is 19.3 Å². The number of rotatable bonds is 11. The van der Waals surface area contributed by atoms with E-state index in [9.17, 15) is 0 Å². The number of unbranched alkanes of at least 4 members (excludes halogenated alkanes) is 7. The summed E-state index contributed by atoms with van der Waals surface area (Å²) in [6.45, 7) is 7.29. The van der Waals surface area contributed by atoms with Gasteiger partial charge < -0.3 is 9.04 Å². The second-order valence-electron chi connectivity index (χ2n) is 6.29. The molecule has 6 heteroatoms. The van der Waals surface area contributed by atoms with Gasteiger partial charge >= 0.3 is 0 Å². The van der Waals surface area contributed by atoms with Gasteiger partial charge in [-0.1, -0.05) is 52.4 Å². The second kappa shape index (κ2) is 13.5. The molecule has 0 radical (unpaired) electrons. The first-order chi connectivity index (χ1) is 9.62. The predicted octanol–water partition coefficient (Wildman–Crippen LogP) is 3.62. The molecular formula is C15H35NO4S. The van der Waals surface area contributed by atoms with Crippen molar-refractivity contribution in [2.24, 2.45) is 0 Å². The summed E-state index contributed by atoms with van der Waals surface area (Å²) in [5.74, 6) is 0. The van der Waals surface area contributed by atoms with Crippen LogP contribution in [0.25, 0.3) is 0 Å². The molecule has 0 aliphatic carbocycles. The van der Waals surface area contributed by atoms with Gasteiger partial charge in [0.05, 0.1) is 27.2 Å². The van der Waals surface area contributed by atoms with Gasteiger partial charge in [0.25, 0.3) is 0 Å². The molecule has 0 unspecified atom stereocenters. The van der Waals surface area contributed by atoms with Crippen LogP contribution in [0.5, 0.6) is 0 Å². The lowest BCUT2D eigenvalue weighted by Crippen LogP contribution is -2.41. The molecule has 0 aliphatic heterocycles. The van der Waals surface area contributed by atoms with Crippen molar-refractivity contribution in [3.05, 3.63) is 0 Å². The second-order valence-corrected chi connectivity index (χ2v) is 7.14. The Morgan fingerprint density at radius 2 is 1.14 bits per heavy atom. The van der Waals surface area contributed by atoms with E-state index in [4.69, 9.17) is 17.5 Å². The number of nitrogens with zero attached hydrogens (tertiary/aromatic N) is 1. The molecule has 0 saturated carbocycles. The molecule has 0 bridgehead atoms. The Bertz CT molecular complexity index is 308. The maximum atomic E-state index is 8.63. The topological polar surface area (TPSA) is 77.4 Å². The lowest BCUT2D eigenvalue weighted by Gasteiger charge is -2.29. The summed E-state index contributed by atoms with van der Waals surface area (Å²) in [4.78, 5) is 0. The van der Waals surface area contributed by atoms with Gasteiger partial charge in [-0.25, -0.2) is 8.42 Å². The van der Waals surface area contributed by atoms with Crippen LogP contribution in [-0.4, -0.2) is 49.2 Å². The van der Waals surface area contributed by atoms with Gasteiger partial charge in [-0.3, -0.25) is 4.55 Å². The Morgan fingerprint density at radius 3 is 1.57 bits per heavy atom. The minimum atomic E-state index is -4.92. The summed E-state index contributed by atoms with van der Waals surface area (Å²) in [5, 5.41) is 0. The Balaban J connectivity index is 0. The van der Waals surface area contributed by atoms with Crippen LogP contribution < -0.4 is 0 Å². The minimum Gasteiger partial charge on any atom is -0.726 e. The van der Waals surface area contributed by atoms with Crippen molar-refractivity contribution in [3.63, 3.8) is 0 Å². The quantitative estimate of drug-likeness (QED) is 0.272. The number of quaternary nitrogens is 1. The zero-order valence-corrected chi connectivity index (χ0v) is 15.1. The minimum absolute atomic E-state index is 1.23. The van der Waals surface area contributed by atoms with E-state index in [1.54, 1.807) is 0 Å². The van der Waals surface area contributed by atoms with Crippen LogP contribution >= 0.6 is 0 Å². The van der Waals surface area contributed by atoms with Crippen LogP contribution in [-0.2, 0) is 10.4 Å². The third-order valence-electron chi connectivity index (χ3n) is 3.48. The van der Waals surface area contributed by atoms with Crippen molar-refractivity contribution in [2.45, 2.75) is 71.6 Å². The van der Waals surface area contributed by atoms with Crippen molar-refractivity contribution in [1.29, 1.82) is 0 Å². The van der Waals surface area contributed by atoms with Crippen LogP contribution in [0.4, 0.5) is 0 Å². The molecule has 0 aromatic heterocycles. The molecule has 0 aromatic rings. The maximum Gasteiger partial charge on any atom is 0.215 e. The van der Waals surface area contributed by atoms with Gasteiger partial charge in [-0.15, -0.1) is 0 Å². The lowest BCUT2D eigenvalue weighted by molar-refractivity contribution is -0.890. The smallest absolute Gasteiger partial charge is 0.215 e. The Morgan fingerprint density at radius 1 is 0.810 bits per heavy atom. The van der Waals surface area contributed by atoms with E-state index in [1.807, 2.05) is 0 Å². The Kier molecular flexibility index (Phi) is 14.8. The lowest BCUT2D eigenvalue weighted by atomic mass is 10.1. The molecule has 21 heavy (non-hydrogen) atoms. The summed E-state index contributed by atoms with van der Waals surface area (Å²) in [6.07, 6.45) is 12.7. The van der Waals surface area contributed by atoms with Crippen LogP contribution in [0, 0.1) is 0 Å². The molecule has 0 atom stereocenters. The van der Waals surface area contributed by atoms with Gasteiger partial charge in [-0.2, -0.15) is 0 Å².